The van der Waals surface area contributed by atoms with Gasteiger partial charge in [-0.2, -0.15) is 0 Å². The van der Waals surface area contributed by atoms with Gasteiger partial charge in [0.1, 0.15) is 0 Å². The third-order valence-electron chi connectivity index (χ3n) is 6.45. The van der Waals surface area contributed by atoms with Crippen molar-refractivity contribution in [2.45, 2.75) is 65.0 Å². The molecule has 1 aliphatic carbocycles. The molecular formula is C20H31NOPY+. The fourth-order valence-corrected chi connectivity index (χ4v) is 10.8. The van der Waals surface area contributed by atoms with Crippen LogP contribution in [-0.4, -0.2) is 29.5 Å². The van der Waals surface area contributed by atoms with Gasteiger partial charge in [0.25, 0.3) is 5.91 Å². The van der Waals surface area contributed by atoms with Gasteiger partial charge in [0.05, 0.1) is 18.5 Å². The first-order valence-electron chi connectivity index (χ1n) is 9.20. The van der Waals surface area contributed by atoms with Crippen LogP contribution in [0.1, 0.15) is 55.7 Å². The van der Waals surface area contributed by atoms with E-state index in [1.807, 2.05) is 0 Å². The monoisotopic (exact) mass is 421 g/mol. The Kier molecular flexibility index (Phi) is 6.72. The average molecular weight is 421 g/mol. The number of amides is 1. The minimum atomic E-state index is -1.11. The Labute approximate surface area is 173 Å². The van der Waals surface area contributed by atoms with E-state index in [4.69, 9.17) is 0 Å². The minimum absolute atomic E-state index is 0. The van der Waals surface area contributed by atoms with Gasteiger partial charge in [0.15, 0.2) is 5.16 Å². The SMILES string of the molecule is CC[P+]1(C2(C(=O)Nc3c(C)cc(C)cc3C)CCC2)CCCC1.[Y]. The number of rotatable bonds is 4. The summed E-state index contributed by atoms with van der Waals surface area (Å²) in [5, 5.41) is 3.38. The molecule has 1 saturated heterocycles. The van der Waals surface area contributed by atoms with Crippen LogP contribution in [0.2, 0.25) is 0 Å². The van der Waals surface area contributed by atoms with E-state index >= 15 is 0 Å². The quantitative estimate of drug-likeness (QED) is 0.657. The summed E-state index contributed by atoms with van der Waals surface area (Å²) in [5.41, 5.74) is 4.71. The number of carbonyl (C=O) groups excluding carboxylic acids is 1. The van der Waals surface area contributed by atoms with E-state index in [9.17, 15) is 4.79 Å². The molecule has 2 fully saturated rings. The summed E-state index contributed by atoms with van der Waals surface area (Å²) in [6, 6.07) is 4.35. The molecule has 1 aliphatic heterocycles. The largest absolute Gasteiger partial charge is 0.322 e. The van der Waals surface area contributed by atoms with E-state index < -0.39 is 7.26 Å². The van der Waals surface area contributed by atoms with Crippen molar-refractivity contribution in [2.75, 3.05) is 23.8 Å². The smallest absolute Gasteiger partial charge is 0.268 e. The van der Waals surface area contributed by atoms with Crippen LogP contribution < -0.4 is 5.32 Å². The molecule has 0 spiro atoms. The zero-order chi connectivity index (χ0) is 16.7. The molecule has 0 aromatic heterocycles. The average Bonchev–Trinajstić information content (AvgIpc) is 2.91. The second-order valence-electron chi connectivity index (χ2n) is 7.73. The molecule has 1 saturated carbocycles. The minimum Gasteiger partial charge on any atom is -0.322 e. The first-order valence-corrected chi connectivity index (χ1v) is 11.5. The van der Waals surface area contributed by atoms with Gasteiger partial charge in [-0.15, -0.1) is 0 Å². The van der Waals surface area contributed by atoms with Crippen molar-refractivity contribution in [3.63, 3.8) is 0 Å². The molecule has 2 aliphatic rings. The normalized spacial score (nSPS) is 20.8. The van der Waals surface area contributed by atoms with Gasteiger partial charge in [0, 0.05) is 45.7 Å². The fourth-order valence-electron chi connectivity index (χ4n) is 5.02. The number of aryl methyl sites for hydroxylation is 3. The zero-order valence-electron chi connectivity index (χ0n) is 15.7. The molecular weight excluding hydrogens is 390 g/mol. The maximum atomic E-state index is 13.4. The first kappa shape index (κ1) is 20.5. The Morgan fingerprint density at radius 3 is 2.04 bits per heavy atom. The summed E-state index contributed by atoms with van der Waals surface area (Å²) in [6.45, 7) is 8.69. The predicted molar refractivity (Wildman–Crippen MR) is 102 cm³/mol. The third kappa shape index (κ3) is 3.28. The van der Waals surface area contributed by atoms with E-state index in [0.717, 1.165) is 18.5 Å². The summed E-state index contributed by atoms with van der Waals surface area (Å²) < 4.78 is 0. The van der Waals surface area contributed by atoms with Crippen molar-refractivity contribution < 1.29 is 37.5 Å². The molecule has 1 radical (unpaired) electrons. The van der Waals surface area contributed by atoms with Crippen molar-refractivity contribution in [2.24, 2.45) is 0 Å². The Bertz CT molecular complexity index is 595. The van der Waals surface area contributed by atoms with Crippen molar-refractivity contribution in [3.05, 3.63) is 28.8 Å². The molecule has 1 heterocycles. The molecule has 0 bridgehead atoms. The standard InChI is InChI=1S/C20H30NOP.Y/c1-5-23(11-6-7-12-23)20(9-8-10-20)19(22)21-18-16(3)13-15(2)14-17(18)4;/h13-14H,5-12H2,1-4H3;/p+1. The fraction of sp³-hybridized carbons (Fsp3) is 0.650. The van der Waals surface area contributed by atoms with Crippen LogP contribution >= 0.6 is 7.26 Å². The molecule has 1 aromatic rings. The topological polar surface area (TPSA) is 29.1 Å². The van der Waals surface area contributed by atoms with Crippen LogP contribution in [0, 0.1) is 20.8 Å². The number of hydrogen-bond donors (Lipinski definition) is 1. The summed E-state index contributed by atoms with van der Waals surface area (Å²) in [5.74, 6) is 0.343. The Balaban J connectivity index is 0.00000208. The van der Waals surface area contributed by atoms with Crippen molar-refractivity contribution in [1.29, 1.82) is 0 Å². The predicted octanol–water partition coefficient (Wildman–Crippen LogP) is 5.30. The second kappa shape index (κ2) is 7.85. The summed E-state index contributed by atoms with van der Waals surface area (Å²) in [7, 11) is -1.11. The first-order chi connectivity index (χ1) is 10.9. The Morgan fingerprint density at radius 1 is 1.08 bits per heavy atom. The van der Waals surface area contributed by atoms with Crippen molar-refractivity contribution >= 4 is 18.9 Å². The van der Waals surface area contributed by atoms with E-state index in [0.29, 0.717) is 5.91 Å². The summed E-state index contributed by atoms with van der Waals surface area (Å²) in [6.07, 6.45) is 10.1. The van der Waals surface area contributed by atoms with Crippen molar-refractivity contribution in [1.82, 2.24) is 0 Å². The molecule has 0 atom stereocenters. The van der Waals surface area contributed by atoms with Crippen LogP contribution in [0.4, 0.5) is 5.69 Å². The molecule has 24 heavy (non-hydrogen) atoms. The van der Waals surface area contributed by atoms with E-state index in [1.54, 1.807) is 0 Å². The van der Waals surface area contributed by atoms with Gasteiger partial charge < -0.3 is 5.32 Å². The van der Waals surface area contributed by atoms with Crippen LogP contribution in [-0.2, 0) is 37.5 Å². The van der Waals surface area contributed by atoms with E-state index in [1.165, 1.54) is 54.4 Å². The number of benzene rings is 1. The molecule has 1 aromatic carbocycles. The van der Waals surface area contributed by atoms with Gasteiger partial charge in [-0.1, -0.05) is 17.7 Å². The van der Waals surface area contributed by atoms with Gasteiger partial charge in [-0.05, 0) is 70.9 Å². The number of hydrogen-bond acceptors (Lipinski definition) is 1. The zero-order valence-corrected chi connectivity index (χ0v) is 19.5. The van der Waals surface area contributed by atoms with E-state index in [-0.39, 0.29) is 37.9 Å². The molecule has 3 rings (SSSR count). The molecule has 0 unspecified atom stereocenters. The number of anilines is 1. The number of nitrogens with one attached hydrogen (secondary N) is 1. The van der Waals surface area contributed by atoms with Gasteiger partial charge in [0.2, 0.25) is 0 Å². The Hall–Kier alpha value is 0.224. The van der Waals surface area contributed by atoms with Gasteiger partial charge in [-0.25, -0.2) is 0 Å². The van der Waals surface area contributed by atoms with Gasteiger partial charge >= 0.3 is 0 Å². The third-order valence-corrected chi connectivity index (χ3v) is 12.5. The van der Waals surface area contributed by atoms with Crippen LogP contribution in [0.5, 0.6) is 0 Å². The maximum Gasteiger partial charge on any atom is 0.268 e. The molecule has 2 nitrogen and oxygen atoms in total. The number of carbonyl (C=O) groups is 1. The Morgan fingerprint density at radius 2 is 1.62 bits per heavy atom. The second-order valence-corrected chi connectivity index (χ2v) is 12.4. The van der Waals surface area contributed by atoms with Crippen LogP contribution in [0.25, 0.3) is 0 Å². The van der Waals surface area contributed by atoms with Crippen LogP contribution in [0.15, 0.2) is 12.1 Å². The summed E-state index contributed by atoms with van der Waals surface area (Å²) in [4.78, 5) is 13.4. The maximum absolute atomic E-state index is 13.4. The molecule has 1 amide bonds. The van der Waals surface area contributed by atoms with Gasteiger partial charge in [-0.3, -0.25) is 4.79 Å². The molecule has 129 valence electrons. The molecule has 1 N–H and O–H groups in total. The van der Waals surface area contributed by atoms with Crippen LogP contribution in [0.3, 0.4) is 0 Å². The summed E-state index contributed by atoms with van der Waals surface area (Å²) >= 11 is 0. The van der Waals surface area contributed by atoms with E-state index in [2.05, 4.69) is 45.1 Å². The molecule has 4 heteroatoms. The van der Waals surface area contributed by atoms with Crippen molar-refractivity contribution in [3.8, 4) is 0 Å².